The summed E-state index contributed by atoms with van der Waals surface area (Å²) in [5, 5.41) is 7.26. The van der Waals surface area contributed by atoms with Crippen LogP contribution in [0.3, 0.4) is 0 Å². The molecule has 1 atom stereocenters. The van der Waals surface area contributed by atoms with E-state index in [0.29, 0.717) is 39.3 Å². The van der Waals surface area contributed by atoms with Crippen molar-refractivity contribution in [1.29, 1.82) is 0 Å². The minimum atomic E-state index is -1.82. The van der Waals surface area contributed by atoms with Crippen LogP contribution in [0.25, 0.3) is 11.3 Å². The molecule has 3 heterocycles. The van der Waals surface area contributed by atoms with E-state index in [-0.39, 0.29) is 18.9 Å². The van der Waals surface area contributed by atoms with Gasteiger partial charge in [-0.3, -0.25) is 14.8 Å². The molecule has 150 valence electrons. The predicted molar refractivity (Wildman–Crippen MR) is 105 cm³/mol. The average molecular weight is 386 g/mol. The van der Waals surface area contributed by atoms with Gasteiger partial charge in [0.05, 0.1) is 25.1 Å². The zero-order valence-electron chi connectivity index (χ0n) is 16.3. The molecule has 2 fully saturated rings. The number of hydrogen-bond acceptors (Lipinski definition) is 4. The van der Waals surface area contributed by atoms with Crippen LogP contribution in [-0.4, -0.2) is 71.0 Å². The number of alkyl halides is 1. The zero-order chi connectivity index (χ0) is 19.6. The van der Waals surface area contributed by atoms with Crippen molar-refractivity contribution in [3.05, 3.63) is 41.6 Å². The van der Waals surface area contributed by atoms with E-state index in [4.69, 9.17) is 4.74 Å². The number of carbonyl (C=O) groups excluding carboxylic acids is 1. The lowest BCUT2D eigenvalue weighted by Crippen LogP contribution is -2.57. The van der Waals surface area contributed by atoms with Gasteiger partial charge < -0.3 is 9.64 Å². The second-order valence-electron chi connectivity index (χ2n) is 7.82. The number of H-pyrrole nitrogens is 1. The molecule has 1 N–H and O–H groups in total. The summed E-state index contributed by atoms with van der Waals surface area (Å²) in [7, 11) is 0. The highest BCUT2D eigenvalue weighted by Crippen LogP contribution is 2.30. The Morgan fingerprint density at radius 1 is 1.25 bits per heavy atom. The zero-order valence-corrected chi connectivity index (χ0v) is 16.3. The van der Waals surface area contributed by atoms with Gasteiger partial charge >= 0.3 is 0 Å². The molecule has 4 rings (SSSR count). The lowest BCUT2D eigenvalue weighted by atomic mass is 9.92. The van der Waals surface area contributed by atoms with Crippen LogP contribution in [0.2, 0.25) is 0 Å². The van der Waals surface area contributed by atoms with Crippen molar-refractivity contribution < 1.29 is 13.9 Å². The Balaban J connectivity index is 1.46. The quantitative estimate of drug-likeness (QED) is 0.877. The lowest BCUT2D eigenvalue weighted by molar-refractivity contribution is -0.152. The molecule has 1 amide bonds. The number of nitrogens with zero attached hydrogens (tertiary/aromatic N) is 3. The molecule has 1 unspecified atom stereocenters. The molecule has 2 aliphatic rings. The molecule has 7 heteroatoms. The molecule has 2 aromatic rings. The van der Waals surface area contributed by atoms with Gasteiger partial charge in [-0.2, -0.15) is 5.10 Å². The van der Waals surface area contributed by atoms with Crippen molar-refractivity contribution in [2.45, 2.75) is 32.0 Å². The van der Waals surface area contributed by atoms with Gasteiger partial charge in [-0.25, -0.2) is 4.39 Å². The number of likely N-dealkylation sites (tertiary alicyclic amines) is 1. The normalized spacial score (nSPS) is 23.7. The Labute approximate surface area is 164 Å². The standard InChI is InChI=1S/C21H27FN4O2/c1-16-3-5-17(6-4-16)19-18(13-23-24-19)14-25-8-2-7-21(22,15-25)20(27)26-9-11-28-12-10-26/h3-6,13H,2,7-12,14-15H2,1H3,(H,23,24). The fourth-order valence-electron chi connectivity index (χ4n) is 4.10. The number of halogens is 1. The molecular formula is C21H27FN4O2. The third-order valence-corrected chi connectivity index (χ3v) is 5.66. The Kier molecular flexibility index (Phi) is 5.46. The summed E-state index contributed by atoms with van der Waals surface area (Å²) in [5.74, 6) is -0.383. The first-order valence-electron chi connectivity index (χ1n) is 9.93. The van der Waals surface area contributed by atoms with Crippen LogP contribution in [-0.2, 0) is 16.1 Å². The van der Waals surface area contributed by atoms with Crippen molar-refractivity contribution in [1.82, 2.24) is 20.0 Å². The van der Waals surface area contributed by atoms with Crippen molar-refractivity contribution in [2.75, 3.05) is 39.4 Å². The van der Waals surface area contributed by atoms with Crippen LogP contribution in [0.5, 0.6) is 0 Å². The van der Waals surface area contributed by atoms with Crippen molar-refractivity contribution in [3.8, 4) is 11.3 Å². The molecule has 0 saturated carbocycles. The van der Waals surface area contributed by atoms with Gasteiger partial charge in [0.25, 0.3) is 5.91 Å². The smallest absolute Gasteiger partial charge is 0.261 e. The maximum absolute atomic E-state index is 15.6. The average Bonchev–Trinajstić information content (AvgIpc) is 3.17. The number of piperidine rings is 1. The van der Waals surface area contributed by atoms with Crippen molar-refractivity contribution in [3.63, 3.8) is 0 Å². The van der Waals surface area contributed by atoms with Gasteiger partial charge in [-0.15, -0.1) is 0 Å². The van der Waals surface area contributed by atoms with Crippen molar-refractivity contribution in [2.24, 2.45) is 0 Å². The van der Waals surface area contributed by atoms with Crippen LogP contribution in [0.4, 0.5) is 4.39 Å². The Bertz CT molecular complexity index is 816. The molecule has 0 bridgehead atoms. The van der Waals surface area contributed by atoms with Gasteiger partial charge in [-0.05, 0) is 31.9 Å². The molecule has 0 aliphatic carbocycles. The van der Waals surface area contributed by atoms with Crippen LogP contribution >= 0.6 is 0 Å². The first kappa shape index (κ1) is 19.1. The highest BCUT2D eigenvalue weighted by Gasteiger charge is 2.45. The summed E-state index contributed by atoms with van der Waals surface area (Å²) in [5.41, 5.74) is 2.42. The highest BCUT2D eigenvalue weighted by atomic mass is 19.1. The lowest BCUT2D eigenvalue weighted by Gasteiger charge is -2.40. The number of ether oxygens (including phenoxy) is 1. The number of nitrogens with one attached hydrogen (secondary N) is 1. The molecule has 0 spiro atoms. The van der Waals surface area contributed by atoms with E-state index < -0.39 is 5.67 Å². The molecule has 1 aromatic heterocycles. The van der Waals surface area contributed by atoms with Gasteiger partial charge in [0.1, 0.15) is 0 Å². The van der Waals surface area contributed by atoms with E-state index >= 15 is 4.39 Å². The minimum absolute atomic E-state index is 0.127. The Morgan fingerprint density at radius 2 is 2.00 bits per heavy atom. The van der Waals surface area contributed by atoms with Gasteiger partial charge in [0.2, 0.25) is 5.67 Å². The van der Waals surface area contributed by atoms with E-state index in [0.717, 1.165) is 23.4 Å². The fourth-order valence-corrected chi connectivity index (χ4v) is 4.10. The summed E-state index contributed by atoms with van der Waals surface area (Å²) in [6, 6.07) is 8.25. The molecule has 0 radical (unpaired) electrons. The van der Waals surface area contributed by atoms with Crippen LogP contribution in [0, 0.1) is 6.92 Å². The molecule has 2 aliphatic heterocycles. The summed E-state index contributed by atoms with van der Waals surface area (Å²) < 4.78 is 20.9. The molecule has 28 heavy (non-hydrogen) atoms. The van der Waals surface area contributed by atoms with E-state index in [9.17, 15) is 4.79 Å². The molecule has 1 aromatic carbocycles. The number of aryl methyl sites for hydroxylation is 1. The number of amides is 1. The Morgan fingerprint density at radius 3 is 2.75 bits per heavy atom. The fraction of sp³-hybridized carbons (Fsp3) is 0.524. The van der Waals surface area contributed by atoms with E-state index in [1.165, 1.54) is 5.56 Å². The predicted octanol–water partition coefficient (Wildman–Crippen LogP) is 2.55. The maximum atomic E-state index is 15.6. The maximum Gasteiger partial charge on any atom is 0.261 e. The van der Waals surface area contributed by atoms with E-state index in [2.05, 4.69) is 41.4 Å². The first-order valence-corrected chi connectivity index (χ1v) is 9.93. The summed E-state index contributed by atoms with van der Waals surface area (Å²) >= 11 is 0. The topological polar surface area (TPSA) is 61.5 Å². The number of rotatable bonds is 4. The van der Waals surface area contributed by atoms with Gasteiger partial charge in [0.15, 0.2) is 0 Å². The summed E-state index contributed by atoms with van der Waals surface area (Å²) in [6.07, 6.45) is 2.76. The van der Waals surface area contributed by atoms with Crippen molar-refractivity contribution >= 4 is 5.91 Å². The SMILES string of the molecule is Cc1ccc(-c2[nH]ncc2CN2CCCC(F)(C(=O)N3CCOCC3)C2)cc1. The second kappa shape index (κ2) is 8.01. The molecule has 6 nitrogen and oxygen atoms in total. The minimum Gasteiger partial charge on any atom is -0.378 e. The van der Waals surface area contributed by atoms with Gasteiger partial charge in [-0.1, -0.05) is 29.8 Å². The summed E-state index contributed by atoms with van der Waals surface area (Å²) in [4.78, 5) is 16.4. The largest absolute Gasteiger partial charge is 0.378 e. The number of benzene rings is 1. The van der Waals surface area contributed by atoms with E-state index in [1.54, 1.807) is 11.1 Å². The van der Waals surface area contributed by atoms with Gasteiger partial charge in [0, 0.05) is 31.7 Å². The monoisotopic (exact) mass is 386 g/mol. The first-order chi connectivity index (χ1) is 13.5. The van der Waals surface area contributed by atoms with E-state index in [1.807, 2.05) is 4.90 Å². The molecular weight excluding hydrogens is 359 g/mol. The number of aromatic amines is 1. The third kappa shape index (κ3) is 3.95. The van der Waals surface area contributed by atoms with Crippen LogP contribution < -0.4 is 0 Å². The number of carbonyl (C=O) groups is 1. The number of morpholine rings is 1. The third-order valence-electron chi connectivity index (χ3n) is 5.66. The highest BCUT2D eigenvalue weighted by molar-refractivity contribution is 5.85. The molecule has 2 saturated heterocycles. The Hall–Kier alpha value is -2.25. The number of hydrogen-bond donors (Lipinski definition) is 1. The van der Waals surface area contributed by atoms with Crippen LogP contribution in [0.15, 0.2) is 30.5 Å². The number of aromatic nitrogens is 2. The second-order valence-corrected chi connectivity index (χ2v) is 7.82. The summed E-state index contributed by atoms with van der Waals surface area (Å²) in [6.45, 7) is 5.45. The van der Waals surface area contributed by atoms with Crippen LogP contribution in [0.1, 0.15) is 24.0 Å².